The van der Waals surface area contributed by atoms with E-state index in [2.05, 4.69) is 0 Å². The summed E-state index contributed by atoms with van der Waals surface area (Å²) in [4.78, 5) is 0. The number of hydrogen-bond acceptors (Lipinski definition) is 0. The average molecular weight is 272 g/mol. The van der Waals surface area contributed by atoms with Gasteiger partial charge >= 0.3 is 16.5 Å². The van der Waals surface area contributed by atoms with Crippen LogP contribution in [0.4, 0.5) is 16.4 Å². The summed E-state index contributed by atoms with van der Waals surface area (Å²) in [6.45, 7) is 9.47. The highest BCUT2D eigenvalue weighted by Gasteiger charge is 2.80. The summed E-state index contributed by atoms with van der Waals surface area (Å²) in [5.74, 6) is 0. The van der Waals surface area contributed by atoms with Gasteiger partial charge < -0.3 is 0 Å². The Morgan fingerprint density at radius 1 is 0.688 bits per heavy atom. The van der Waals surface area contributed by atoms with Gasteiger partial charge in [-0.15, -0.1) is 0 Å². The van der Waals surface area contributed by atoms with Gasteiger partial charge in [0, 0.05) is 11.1 Å². The molecule has 2 atom stereocenters. The molecular formula is C10H20F4Si2. The summed E-state index contributed by atoms with van der Waals surface area (Å²) < 4.78 is 55.7. The van der Waals surface area contributed by atoms with Crippen molar-refractivity contribution in [1.82, 2.24) is 0 Å². The molecule has 0 N–H and O–H groups in total. The summed E-state index contributed by atoms with van der Waals surface area (Å²) in [5, 5.41) is 0. The summed E-state index contributed by atoms with van der Waals surface area (Å²) in [6, 6.07) is 0. The average Bonchev–Trinajstić information content (AvgIpc) is 2.13. The third-order valence-corrected chi connectivity index (χ3v) is 15.1. The molecule has 0 radical (unpaired) electrons. The van der Waals surface area contributed by atoms with Crippen molar-refractivity contribution in [3.8, 4) is 0 Å². The first-order valence-corrected chi connectivity index (χ1v) is 10.2. The van der Waals surface area contributed by atoms with Crippen LogP contribution in [-0.2, 0) is 0 Å². The lowest BCUT2D eigenvalue weighted by atomic mass is 9.64. The second kappa shape index (κ2) is 3.34. The minimum absolute atomic E-state index is 0.739. The quantitative estimate of drug-likeness (QED) is 0.341. The zero-order valence-corrected chi connectivity index (χ0v) is 12.7. The van der Waals surface area contributed by atoms with Gasteiger partial charge in [-0.25, -0.2) is 0 Å². The molecule has 1 fully saturated rings. The van der Waals surface area contributed by atoms with E-state index in [0.29, 0.717) is 0 Å². The molecule has 1 aliphatic heterocycles. The minimum Gasteiger partial charge on any atom is -0.268 e. The molecule has 16 heavy (non-hydrogen) atoms. The van der Waals surface area contributed by atoms with Crippen LogP contribution in [0.1, 0.15) is 41.5 Å². The molecule has 6 heteroatoms. The molecule has 1 heterocycles. The van der Waals surface area contributed by atoms with Gasteiger partial charge in [0.05, 0.1) is 0 Å². The van der Waals surface area contributed by atoms with E-state index in [1.165, 1.54) is 13.8 Å². The Hall–Kier alpha value is 0.154. The molecule has 0 aliphatic carbocycles. The molecule has 0 nitrogen and oxygen atoms in total. The Morgan fingerprint density at radius 2 is 0.875 bits per heavy atom. The van der Waals surface area contributed by atoms with Crippen molar-refractivity contribution >= 4 is 16.5 Å². The van der Waals surface area contributed by atoms with Crippen LogP contribution >= 0.6 is 0 Å². The van der Waals surface area contributed by atoms with Crippen LogP contribution < -0.4 is 0 Å². The molecule has 0 spiro atoms. The smallest absolute Gasteiger partial charge is 0.268 e. The zero-order chi connectivity index (χ0) is 13.2. The topological polar surface area (TPSA) is 0 Å². The van der Waals surface area contributed by atoms with Crippen LogP contribution in [0.5, 0.6) is 0 Å². The number of rotatable bonds is 0. The highest BCUT2D eigenvalue weighted by Crippen LogP contribution is 2.66. The Morgan fingerprint density at radius 3 is 1.06 bits per heavy atom. The Labute approximate surface area is 96.9 Å². The van der Waals surface area contributed by atoms with Crippen molar-refractivity contribution in [1.29, 1.82) is 0 Å². The van der Waals surface area contributed by atoms with E-state index >= 15 is 0 Å². The summed E-state index contributed by atoms with van der Waals surface area (Å²) in [5.41, 5.74) is -3.77. The third-order valence-electron chi connectivity index (χ3n) is 5.36. The van der Waals surface area contributed by atoms with Crippen molar-refractivity contribution < 1.29 is 16.4 Å². The predicted molar refractivity (Wildman–Crippen MR) is 62.4 cm³/mol. The van der Waals surface area contributed by atoms with E-state index in [0.717, 1.165) is 0 Å². The normalized spacial score (nSPS) is 39.4. The molecule has 0 aromatic carbocycles. The van der Waals surface area contributed by atoms with E-state index in [-0.39, 0.29) is 0 Å². The molecule has 0 bridgehead atoms. The molecule has 0 amide bonds. The molecule has 0 saturated carbocycles. The predicted octanol–water partition coefficient (Wildman–Crippen LogP) is 4.67. The van der Waals surface area contributed by atoms with E-state index in [1.54, 1.807) is 27.7 Å². The van der Waals surface area contributed by atoms with Gasteiger partial charge in [-0.3, -0.25) is 16.4 Å². The molecule has 0 unspecified atom stereocenters. The van der Waals surface area contributed by atoms with E-state index < -0.39 is 38.4 Å². The van der Waals surface area contributed by atoms with Crippen LogP contribution in [0, 0.1) is 10.8 Å². The first kappa shape index (κ1) is 14.2. The maximum atomic E-state index is 13.9. The Kier molecular flexibility index (Phi) is 2.97. The standard InChI is InChI=1S/C10H20F4Si2/c1-7-9(3,4)10(5,6)8(2)16(13,14)15(7,11)12/h7-8H,1-6H3/t7-,8+. The molecular weight excluding hydrogens is 252 g/mol. The second-order valence-electron chi connectivity index (χ2n) is 6.13. The lowest BCUT2D eigenvalue weighted by molar-refractivity contribution is 0.0716. The lowest BCUT2D eigenvalue weighted by Gasteiger charge is -2.57. The van der Waals surface area contributed by atoms with Gasteiger partial charge in [0.2, 0.25) is 0 Å². The first-order chi connectivity index (χ1) is 6.81. The van der Waals surface area contributed by atoms with Gasteiger partial charge in [-0.2, -0.15) is 0 Å². The fourth-order valence-corrected chi connectivity index (χ4v) is 11.9. The second-order valence-corrected chi connectivity index (χ2v) is 14.4. The number of halogens is 4. The molecule has 0 aromatic heterocycles. The van der Waals surface area contributed by atoms with Gasteiger partial charge in [0.25, 0.3) is 0 Å². The molecule has 96 valence electrons. The summed E-state index contributed by atoms with van der Waals surface area (Å²) in [6.07, 6.45) is 0. The maximum absolute atomic E-state index is 13.9. The van der Waals surface area contributed by atoms with Crippen molar-refractivity contribution in [2.45, 2.75) is 52.6 Å². The molecule has 1 saturated heterocycles. The fourth-order valence-electron chi connectivity index (χ4n) is 2.60. The molecule has 1 aliphatic rings. The summed E-state index contributed by atoms with van der Waals surface area (Å²) >= 11 is 0. The van der Waals surface area contributed by atoms with Gasteiger partial charge in [0.1, 0.15) is 0 Å². The van der Waals surface area contributed by atoms with Crippen LogP contribution in [-0.4, -0.2) is 16.5 Å². The third kappa shape index (κ3) is 1.38. The Balaban J connectivity index is 3.39. The molecule has 0 aromatic rings. The SMILES string of the molecule is C[C@@H]1C(C)(C)C(C)(C)[C@H](C)[Si](F)(F)[Si]1(F)F. The van der Waals surface area contributed by atoms with Crippen LogP contribution in [0.15, 0.2) is 0 Å². The zero-order valence-electron chi connectivity index (χ0n) is 10.7. The van der Waals surface area contributed by atoms with Crippen LogP contribution in [0.25, 0.3) is 0 Å². The largest absolute Gasteiger partial charge is 0.480 e. The molecule has 1 rings (SSSR count). The van der Waals surface area contributed by atoms with Gasteiger partial charge in [0.15, 0.2) is 0 Å². The van der Waals surface area contributed by atoms with E-state index in [1.807, 2.05) is 0 Å². The number of hydrogen-bond donors (Lipinski definition) is 0. The van der Waals surface area contributed by atoms with Crippen molar-refractivity contribution in [3.05, 3.63) is 0 Å². The van der Waals surface area contributed by atoms with E-state index in [4.69, 9.17) is 0 Å². The van der Waals surface area contributed by atoms with Crippen molar-refractivity contribution in [2.24, 2.45) is 10.8 Å². The highest BCUT2D eigenvalue weighted by atomic mass is 29.3. The maximum Gasteiger partial charge on any atom is 0.480 e. The lowest BCUT2D eigenvalue weighted by Crippen LogP contribution is -2.68. The summed E-state index contributed by atoms with van der Waals surface area (Å²) in [7, 11) is -10.8. The monoisotopic (exact) mass is 272 g/mol. The first-order valence-electron chi connectivity index (χ1n) is 5.57. The van der Waals surface area contributed by atoms with Gasteiger partial charge in [-0.1, -0.05) is 41.5 Å². The van der Waals surface area contributed by atoms with Crippen LogP contribution in [0.3, 0.4) is 0 Å². The van der Waals surface area contributed by atoms with Crippen molar-refractivity contribution in [2.75, 3.05) is 0 Å². The fraction of sp³-hybridized carbons (Fsp3) is 1.00. The Bertz CT molecular complexity index is 241. The minimum atomic E-state index is -5.40. The van der Waals surface area contributed by atoms with E-state index in [9.17, 15) is 16.4 Å². The van der Waals surface area contributed by atoms with Crippen molar-refractivity contribution in [3.63, 3.8) is 0 Å². The highest BCUT2D eigenvalue weighted by molar-refractivity contribution is 7.32. The van der Waals surface area contributed by atoms with Gasteiger partial charge in [-0.05, 0) is 10.8 Å². The van der Waals surface area contributed by atoms with Crippen LogP contribution in [0.2, 0.25) is 11.1 Å².